The molecule has 174 valence electrons. The number of aliphatic hydroxyl groups excluding tert-OH is 1. The van der Waals surface area contributed by atoms with Gasteiger partial charge in [0.1, 0.15) is 18.5 Å². The molecule has 0 heterocycles. The maximum atomic E-state index is 10.1. The fraction of sp³-hybridized carbons (Fsp3) is 0.500. The summed E-state index contributed by atoms with van der Waals surface area (Å²) >= 11 is 0. The molecule has 0 aromatic heterocycles. The SMILES string of the molecule is Cc1ccc(C(C)(C)c2ccc(OCC(O)COCCOCCOCCC#N)cc2)cc1. The highest BCUT2D eigenvalue weighted by Crippen LogP contribution is 2.32. The van der Waals surface area contributed by atoms with Crippen LogP contribution in [0, 0.1) is 18.3 Å². The molecule has 32 heavy (non-hydrogen) atoms. The van der Waals surface area contributed by atoms with E-state index in [1.165, 1.54) is 16.7 Å². The fourth-order valence-electron chi connectivity index (χ4n) is 3.12. The predicted molar refractivity (Wildman–Crippen MR) is 124 cm³/mol. The fourth-order valence-corrected chi connectivity index (χ4v) is 3.12. The first-order valence-corrected chi connectivity index (χ1v) is 11.0. The van der Waals surface area contributed by atoms with Gasteiger partial charge in [-0.1, -0.05) is 55.8 Å². The molecular weight excluding hydrogens is 406 g/mol. The van der Waals surface area contributed by atoms with Crippen LogP contribution in [0.5, 0.6) is 5.75 Å². The van der Waals surface area contributed by atoms with E-state index >= 15 is 0 Å². The number of benzene rings is 2. The van der Waals surface area contributed by atoms with Crippen LogP contribution in [0.4, 0.5) is 0 Å². The van der Waals surface area contributed by atoms with Gasteiger partial charge in [0.15, 0.2) is 0 Å². The number of rotatable bonds is 15. The van der Waals surface area contributed by atoms with Crippen LogP contribution < -0.4 is 4.74 Å². The van der Waals surface area contributed by atoms with Crippen molar-refractivity contribution >= 4 is 0 Å². The number of aliphatic hydroxyl groups is 1. The predicted octanol–water partition coefficient (Wildman–Crippen LogP) is 4.02. The Bertz CT molecular complexity index is 812. The van der Waals surface area contributed by atoms with Gasteiger partial charge in [-0.05, 0) is 30.2 Å². The van der Waals surface area contributed by atoms with Crippen LogP contribution in [-0.2, 0) is 19.6 Å². The minimum atomic E-state index is -0.715. The van der Waals surface area contributed by atoms with Crippen LogP contribution in [0.1, 0.15) is 37.0 Å². The summed E-state index contributed by atoms with van der Waals surface area (Å²) in [5.74, 6) is 0.715. The summed E-state index contributed by atoms with van der Waals surface area (Å²) in [4.78, 5) is 0. The maximum absolute atomic E-state index is 10.1. The zero-order valence-corrected chi connectivity index (χ0v) is 19.4. The second-order valence-corrected chi connectivity index (χ2v) is 8.19. The van der Waals surface area contributed by atoms with Crippen molar-refractivity contribution in [2.45, 2.75) is 38.7 Å². The number of hydrogen-bond acceptors (Lipinski definition) is 6. The van der Waals surface area contributed by atoms with Crippen LogP contribution in [-0.4, -0.2) is 57.5 Å². The summed E-state index contributed by atoms with van der Waals surface area (Å²) in [6.45, 7) is 9.00. The highest BCUT2D eigenvalue weighted by atomic mass is 16.5. The number of ether oxygens (including phenoxy) is 4. The molecule has 1 N–H and O–H groups in total. The maximum Gasteiger partial charge on any atom is 0.119 e. The van der Waals surface area contributed by atoms with Crippen molar-refractivity contribution in [3.05, 3.63) is 65.2 Å². The van der Waals surface area contributed by atoms with Gasteiger partial charge >= 0.3 is 0 Å². The Hall–Kier alpha value is -2.43. The van der Waals surface area contributed by atoms with E-state index in [0.717, 1.165) is 0 Å². The molecular formula is C26H35NO5. The molecule has 0 aliphatic heterocycles. The zero-order valence-electron chi connectivity index (χ0n) is 19.4. The monoisotopic (exact) mass is 441 g/mol. The zero-order chi connectivity index (χ0) is 23.2. The molecule has 0 spiro atoms. The number of hydrogen-bond donors (Lipinski definition) is 1. The van der Waals surface area contributed by atoms with Crippen molar-refractivity contribution in [2.24, 2.45) is 0 Å². The molecule has 1 unspecified atom stereocenters. The van der Waals surface area contributed by atoms with Crippen LogP contribution in [0.2, 0.25) is 0 Å². The topological polar surface area (TPSA) is 80.9 Å². The first kappa shape index (κ1) is 25.8. The van der Waals surface area contributed by atoms with Crippen molar-refractivity contribution in [1.29, 1.82) is 5.26 Å². The van der Waals surface area contributed by atoms with Gasteiger partial charge in [-0.3, -0.25) is 0 Å². The van der Waals surface area contributed by atoms with Gasteiger partial charge in [0, 0.05) is 5.41 Å². The van der Waals surface area contributed by atoms with Crippen LogP contribution in [0.3, 0.4) is 0 Å². The van der Waals surface area contributed by atoms with E-state index in [2.05, 4.69) is 57.2 Å². The summed E-state index contributed by atoms with van der Waals surface area (Å²) in [6.07, 6.45) is -0.327. The standard InChI is InChI=1S/C26H35NO5/c1-21-5-7-22(8-6-21)26(2,3)23-9-11-25(12-10-23)32-20-24(28)19-31-18-17-30-16-15-29-14-4-13-27/h5-12,24,28H,4,14-20H2,1-3H3. The number of nitriles is 1. The quantitative estimate of drug-likeness (QED) is 0.421. The summed E-state index contributed by atoms with van der Waals surface area (Å²) in [5.41, 5.74) is 3.61. The highest BCUT2D eigenvalue weighted by molar-refractivity contribution is 5.40. The van der Waals surface area contributed by atoms with Gasteiger partial charge in [0.2, 0.25) is 0 Å². The third-order valence-electron chi connectivity index (χ3n) is 5.20. The Morgan fingerprint density at radius 3 is 1.94 bits per heavy atom. The molecule has 0 aliphatic carbocycles. The van der Waals surface area contributed by atoms with Gasteiger partial charge in [0.25, 0.3) is 0 Å². The lowest BCUT2D eigenvalue weighted by atomic mass is 9.78. The van der Waals surface area contributed by atoms with Crippen molar-refractivity contribution in [1.82, 2.24) is 0 Å². The molecule has 6 heteroatoms. The molecule has 0 amide bonds. The molecule has 2 aromatic carbocycles. The van der Waals surface area contributed by atoms with E-state index in [1.54, 1.807) is 0 Å². The third kappa shape index (κ3) is 8.97. The Labute approximate surface area is 191 Å². The summed E-state index contributed by atoms with van der Waals surface area (Å²) in [6, 6.07) is 18.6. The van der Waals surface area contributed by atoms with Crippen molar-refractivity contribution < 1.29 is 24.1 Å². The third-order valence-corrected chi connectivity index (χ3v) is 5.20. The molecule has 0 saturated carbocycles. The molecule has 2 aromatic rings. The normalized spacial score (nSPS) is 12.3. The second-order valence-electron chi connectivity index (χ2n) is 8.19. The van der Waals surface area contributed by atoms with Crippen LogP contribution >= 0.6 is 0 Å². The van der Waals surface area contributed by atoms with Crippen molar-refractivity contribution in [3.8, 4) is 11.8 Å². The van der Waals surface area contributed by atoms with E-state index in [-0.39, 0.29) is 18.6 Å². The Kier molecular flexibility index (Phi) is 11.2. The van der Waals surface area contributed by atoms with Crippen LogP contribution in [0.25, 0.3) is 0 Å². The molecule has 0 bridgehead atoms. The van der Waals surface area contributed by atoms with Gasteiger partial charge in [-0.2, -0.15) is 5.26 Å². The second kappa shape index (κ2) is 13.9. The van der Waals surface area contributed by atoms with Gasteiger partial charge in [-0.15, -0.1) is 0 Å². The van der Waals surface area contributed by atoms with E-state index in [9.17, 15) is 5.11 Å². The first-order valence-electron chi connectivity index (χ1n) is 11.0. The average molecular weight is 442 g/mol. The Morgan fingerprint density at radius 2 is 1.34 bits per heavy atom. The molecule has 2 rings (SSSR count). The molecule has 6 nitrogen and oxygen atoms in total. The smallest absolute Gasteiger partial charge is 0.119 e. The Morgan fingerprint density at radius 1 is 0.812 bits per heavy atom. The van der Waals surface area contributed by atoms with Gasteiger partial charge in [0.05, 0.1) is 52.1 Å². The van der Waals surface area contributed by atoms with Gasteiger partial charge in [-0.25, -0.2) is 0 Å². The number of nitrogens with zero attached hydrogens (tertiary/aromatic N) is 1. The van der Waals surface area contributed by atoms with E-state index in [1.807, 2.05) is 18.2 Å². The molecule has 0 aliphatic rings. The van der Waals surface area contributed by atoms with Crippen molar-refractivity contribution in [3.63, 3.8) is 0 Å². The molecule has 0 radical (unpaired) electrons. The van der Waals surface area contributed by atoms with Crippen molar-refractivity contribution in [2.75, 3.05) is 46.2 Å². The lowest BCUT2D eigenvalue weighted by Crippen LogP contribution is -2.24. The molecule has 0 saturated heterocycles. The van der Waals surface area contributed by atoms with E-state index in [0.29, 0.717) is 45.2 Å². The molecule has 1 atom stereocenters. The summed E-state index contributed by atoms with van der Waals surface area (Å²) in [7, 11) is 0. The summed E-state index contributed by atoms with van der Waals surface area (Å²) in [5, 5.41) is 18.4. The average Bonchev–Trinajstić information content (AvgIpc) is 2.79. The number of aryl methyl sites for hydroxylation is 1. The minimum Gasteiger partial charge on any atom is -0.491 e. The van der Waals surface area contributed by atoms with E-state index < -0.39 is 6.10 Å². The lowest BCUT2D eigenvalue weighted by molar-refractivity contribution is -0.0195. The van der Waals surface area contributed by atoms with Gasteiger partial charge < -0.3 is 24.1 Å². The molecule has 0 fully saturated rings. The first-order chi connectivity index (χ1) is 15.4. The highest BCUT2D eigenvalue weighted by Gasteiger charge is 2.22. The Balaban J connectivity index is 1.63. The minimum absolute atomic E-state index is 0.107. The lowest BCUT2D eigenvalue weighted by Gasteiger charge is -2.26. The van der Waals surface area contributed by atoms with Crippen LogP contribution in [0.15, 0.2) is 48.5 Å². The summed E-state index contributed by atoms with van der Waals surface area (Å²) < 4.78 is 21.7. The largest absolute Gasteiger partial charge is 0.491 e. The van der Waals surface area contributed by atoms with E-state index in [4.69, 9.17) is 24.2 Å².